The first-order valence-electron chi connectivity index (χ1n) is 9.68. The van der Waals surface area contributed by atoms with E-state index < -0.39 is 10.0 Å². The molecule has 0 aliphatic carbocycles. The van der Waals surface area contributed by atoms with Crippen molar-refractivity contribution in [1.29, 1.82) is 0 Å². The molecule has 0 radical (unpaired) electrons. The molecular weight excluding hydrogens is 400 g/mol. The minimum absolute atomic E-state index is 0.153. The van der Waals surface area contributed by atoms with Crippen molar-refractivity contribution in [3.63, 3.8) is 0 Å². The minimum Gasteiger partial charge on any atom is -0.457 e. The second-order valence-corrected chi connectivity index (χ2v) is 9.15. The summed E-state index contributed by atoms with van der Waals surface area (Å²) in [6.07, 6.45) is 0.606. The zero-order valence-electron chi connectivity index (χ0n) is 16.5. The number of rotatable bonds is 5. The van der Waals surface area contributed by atoms with Crippen LogP contribution < -0.4 is 14.4 Å². The first kappa shape index (κ1) is 20.0. The van der Waals surface area contributed by atoms with Crippen LogP contribution in [0.2, 0.25) is 0 Å². The van der Waals surface area contributed by atoms with E-state index in [-0.39, 0.29) is 11.7 Å². The fraction of sp³-hybridized carbons (Fsp3) is 0.174. The highest BCUT2D eigenvalue weighted by Crippen LogP contribution is 2.29. The summed E-state index contributed by atoms with van der Waals surface area (Å²) in [5, 5.41) is 2.89. The average molecular weight is 423 g/mol. The molecule has 1 fully saturated rings. The Morgan fingerprint density at radius 2 is 1.67 bits per heavy atom. The maximum absolute atomic E-state index is 12.7. The summed E-state index contributed by atoms with van der Waals surface area (Å²) in [6.45, 7) is 2.33. The van der Waals surface area contributed by atoms with Crippen LogP contribution in [0.3, 0.4) is 0 Å². The number of sulfonamides is 1. The third-order valence-corrected chi connectivity index (χ3v) is 6.82. The van der Waals surface area contributed by atoms with Crippen LogP contribution in [0.1, 0.15) is 22.3 Å². The SMILES string of the molecule is Cc1ccc(N2CCCS2(=O)=O)cc1NC(=O)c1ccc(Oc2ccccc2)cc1. The van der Waals surface area contributed by atoms with Crippen molar-refractivity contribution >= 4 is 27.3 Å². The smallest absolute Gasteiger partial charge is 0.255 e. The van der Waals surface area contributed by atoms with Crippen molar-refractivity contribution in [1.82, 2.24) is 0 Å². The number of para-hydroxylation sites is 1. The second-order valence-electron chi connectivity index (χ2n) is 7.13. The topological polar surface area (TPSA) is 75.7 Å². The highest BCUT2D eigenvalue weighted by atomic mass is 32.2. The number of anilines is 2. The number of nitrogens with one attached hydrogen (secondary N) is 1. The quantitative estimate of drug-likeness (QED) is 0.653. The minimum atomic E-state index is -3.27. The Morgan fingerprint density at radius 1 is 0.967 bits per heavy atom. The molecule has 1 amide bonds. The molecule has 1 aliphatic rings. The van der Waals surface area contributed by atoms with Gasteiger partial charge in [0.15, 0.2) is 0 Å². The van der Waals surface area contributed by atoms with Gasteiger partial charge >= 0.3 is 0 Å². The number of ether oxygens (including phenoxy) is 1. The van der Waals surface area contributed by atoms with Gasteiger partial charge in [0.25, 0.3) is 5.91 Å². The van der Waals surface area contributed by atoms with Gasteiger partial charge in [-0.15, -0.1) is 0 Å². The van der Waals surface area contributed by atoms with E-state index in [0.29, 0.717) is 35.7 Å². The van der Waals surface area contributed by atoms with Crippen molar-refractivity contribution < 1.29 is 17.9 Å². The van der Waals surface area contributed by atoms with Gasteiger partial charge < -0.3 is 10.1 Å². The summed E-state index contributed by atoms with van der Waals surface area (Å²) in [4.78, 5) is 12.7. The zero-order chi connectivity index (χ0) is 21.1. The Balaban J connectivity index is 1.49. The Morgan fingerprint density at radius 3 is 2.33 bits per heavy atom. The molecule has 1 saturated heterocycles. The number of carbonyl (C=O) groups is 1. The highest BCUT2D eigenvalue weighted by Gasteiger charge is 2.28. The molecule has 6 nitrogen and oxygen atoms in total. The van der Waals surface area contributed by atoms with Crippen molar-refractivity contribution in [2.45, 2.75) is 13.3 Å². The summed E-state index contributed by atoms with van der Waals surface area (Å²) < 4.78 is 31.5. The molecular formula is C23H22N2O4S. The fourth-order valence-electron chi connectivity index (χ4n) is 3.32. The third kappa shape index (κ3) is 4.31. The van der Waals surface area contributed by atoms with Crippen LogP contribution in [-0.4, -0.2) is 26.6 Å². The summed E-state index contributed by atoms with van der Waals surface area (Å²) >= 11 is 0. The summed E-state index contributed by atoms with van der Waals surface area (Å²) in [5.41, 5.74) is 2.49. The maximum atomic E-state index is 12.7. The van der Waals surface area contributed by atoms with Crippen molar-refractivity contribution in [3.05, 3.63) is 83.9 Å². The third-order valence-electron chi connectivity index (χ3n) is 4.95. The molecule has 154 valence electrons. The van der Waals surface area contributed by atoms with Crippen LogP contribution in [0.15, 0.2) is 72.8 Å². The van der Waals surface area contributed by atoms with Gasteiger partial charge in [-0.1, -0.05) is 24.3 Å². The van der Waals surface area contributed by atoms with Crippen molar-refractivity contribution in [2.24, 2.45) is 0 Å². The molecule has 0 aromatic heterocycles. The van der Waals surface area contributed by atoms with Gasteiger partial charge in [-0.25, -0.2) is 8.42 Å². The summed E-state index contributed by atoms with van der Waals surface area (Å²) in [7, 11) is -3.27. The van der Waals surface area contributed by atoms with E-state index in [1.54, 1.807) is 36.4 Å². The van der Waals surface area contributed by atoms with Gasteiger partial charge in [0.2, 0.25) is 10.0 Å². The number of hydrogen-bond acceptors (Lipinski definition) is 4. The molecule has 4 rings (SSSR count). The van der Waals surface area contributed by atoms with E-state index in [9.17, 15) is 13.2 Å². The summed E-state index contributed by atoms with van der Waals surface area (Å²) in [6, 6.07) is 21.6. The molecule has 0 spiro atoms. The van der Waals surface area contributed by atoms with Crippen molar-refractivity contribution in [2.75, 3.05) is 21.9 Å². The van der Waals surface area contributed by atoms with Crippen molar-refractivity contribution in [3.8, 4) is 11.5 Å². The first-order valence-corrected chi connectivity index (χ1v) is 11.3. The molecule has 7 heteroatoms. The van der Waals surface area contributed by atoms with Gasteiger partial charge in [0.1, 0.15) is 11.5 Å². The number of aryl methyl sites for hydroxylation is 1. The largest absolute Gasteiger partial charge is 0.457 e. The molecule has 3 aromatic carbocycles. The van der Waals surface area contributed by atoms with E-state index in [0.717, 1.165) is 11.3 Å². The van der Waals surface area contributed by atoms with E-state index in [1.165, 1.54) is 4.31 Å². The van der Waals surface area contributed by atoms with Crippen LogP contribution in [0.25, 0.3) is 0 Å². The molecule has 0 atom stereocenters. The molecule has 1 aliphatic heterocycles. The van der Waals surface area contributed by atoms with Gasteiger partial charge in [-0.3, -0.25) is 9.10 Å². The molecule has 1 N–H and O–H groups in total. The van der Waals surface area contributed by atoms with Crippen LogP contribution in [0.5, 0.6) is 11.5 Å². The molecule has 0 unspecified atom stereocenters. The molecule has 1 heterocycles. The highest BCUT2D eigenvalue weighted by molar-refractivity contribution is 7.93. The van der Waals surface area contributed by atoms with Crippen LogP contribution in [0, 0.1) is 6.92 Å². The van der Waals surface area contributed by atoms with Crippen LogP contribution in [-0.2, 0) is 10.0 Å². The molecule has 0 bridgehead atoms. The van der Waals surface area contributed by atoms with Crippen LogP contribution in [0.4, 0.5) is 11.4 Å². The Hall–Kier alpha value is -3.32. The number of carbonyl (C=O) groups excluding carboxylic acids is 1. The number of benzene rings is 3. The molecule has 0 saturated carbocycles. The van der Waals surface area contributed by atoms with Gasteiger partial charge in [0.05, 0.1) is 11.4 Å². The Kier molecular flexibility index (Phi) is 5.46. The lowest BCUT2D eigenvalue weighted by molar-refractivity contribution is 0.102. The van der Waals surface area contributed by atoms with Crippen LogP contribution >= 0.6 is 0 Å². The maximum Gasteiger partial charge on any atom is 0.255 e. The van der Waals surface area contributed by atoms with Gasteiger partial charge in [0, 0.05) is 17.8 Å². The normalized spacial score (nSPS) is 15.0. The first-order chi connectivity index (χ1) is 14.4. The summed E-state index contributed by atoms with van der Waals surface area (Å²) in [5.74, 6) is 1.24. The predicted molar refractivity (Wildman–Crippen MR) is 118 cm³/mol. The number of hydrogen-bond donors (Lipinski definition) is 1. The number of amides is 1. The lowest BCUT2D eigenvalue weighted by atomic mass is 10.1. The van der Waals surface area contributed by atoms with E-state index in [1.807, 2.05) is 43.3 Å². The van der Waals surface area contributed by atoms with Gasteiger partial charge in [-0.05, 0) is 67.4 Å². The van der Waals surface area contributed by atoms with E-state index in [2.05, 4.69) is 5.32 Å². The lowest BCUT2D eigenvalue weighted by Gasteiger charge is -2.19. The average Bonchev–Trinajstić information content (AvgIpc) is 3.10. The lowest BCUT2D eigenvalue weighted by Crippen LogP contribution is -2.25. The standard InChI is InChI=1S/C23H22N2O4S/c1-17-8-11-19(25-14-5-15-30(25,27)28)16-22(17)24-23(26)18-9-12-21(13-10-18)29-20-6-3-2-4-7-20/h2-4,6-13,16H,5,14-15H2,1H3,(H,24,26). The molecule has 30 heavy (non-hydrogen) atoms. The molecule has 3 aromatic rings. The predicted octanol–water partition coefficient (Wildman–Crippen LogP) is 4.58. The Labute approximate surface area is 176 Å². The number of nitrogens with zero attached hydrogens (tertiary/aromatic N) is 1. The fourth-order valence-corrected chi connectivity index (χ4v) is 4.88. The van der Waals surface area contributed by atoms with E-state index in [4.69, 9.17) is 4.74 Å². The monoisotopic (exact) mass is 422 g/mol. The van der Waals surface area contributed by atoms with E-state index >= 15 is 0 Å². The second kappa shape index (κ2) is 8.20. The zero-order valence-corrected chi connectivity index (χ0v) is 17.4. The van der Waals surface area contributed by atoms with Gasteiger partial charge in [-0.2, -0.15) is 0 Å². The Bertz CT molecular complexity index is 1160.